The molecule has 0 saturated carbocycles. The Morgan fingerprint density at radius 1 is 0.435 bits per heavy atom. The van der Waals surface area contributed by atoms with Crippen LogP contribution in [0.4, 0.5) is 0 Å². The highest BCUT2D eigenvalue weighted by molar-refractivity contribution is 6.24. The summed E-state index contributed by atoms with van der Waals surface area (Å²) < 4.78 is 11.0. The van der Waals surface area contributed by atoms with Gasteiger partial charge in [0, 0.05) is 13.1 Å². The molecule has 0 aliphatic carbocycles. The van der Waals surface area contributed by atoms with Gasteiger partial charge in [-0.25, -0.2) is 0 Å². The fraction of sp³-hybridized carbons (Fsp3) is 0.150. The Kier molecular flexibility index (Phi) is 7.29. The van der Waals surface area contributed by atoms with Gasteiger partial charge in [0.25, 0.3) is 0 Å². The molecule has 0 aromatic heterocycles. The zero-order chi connectivity index (χ0) is 31.0. The van der Waals surface area contributed by atoms with Crippen LogP contribution >= 0.6 is 0 Å². The average molecular weight is 605 g/mol. The minimum atomic E-state index is -0.197. The number of ether oxygens (including phenoxy) is 2. The lowest BCUT2D eigenvalue weighted by Gasteiger charge is -2.14. The van der Waals surface area contributed by atoms with Crippen molar-refractivity contribution in [3.05, 3.63) is 120 Å². The van der Waals surface area contributed by atoms with Crippen molar-refractivity contribution in [2.45, 2.75) is 13.1 Å². The van der Waals surface area contributed by atoms with Crippen LogP contribution in [0.15, 0.2) is 109 Å². The van der Waals surface area contributed by atoms with Gasteiger partial charge in [0.05, 0.1) is 13.2 Å². The van der Waals surface area contributed by atoms with Gasteiger partial charge in [-0.3, -0.25) is 9.59 Å². The van der Waals surface area contributed by atoms with E-state index in [1.54, 1.807) is 0 Å². The van der Waals surface area contributed by atoms with Crippen LogP contribution in [0.5, 0.6) is 0 Å². The van der Waals surface area contributed by atoms with E-state index < -0.39 is 0 Å². The first kappa shape index (κ1) is 28.2. The number of amides is 2. The second-order valence-corrected chi connectivity index (χ2v) is 11.8. The van der Waals surface area contributed by atoms with Gasteiger partial charge in [-0.1, -0.05) is 109 Å². The van der Waals surface area contributed by atoms with Gasteiger partial charge in [0.15, 0.2) is 0 Å². The smallest absolute Gasteiger partial charge is 0.246 e. The van der Waals surface area contributed by atoms with Gasteiger partial charge >= 0.3 is 0 Å². The molecule has 46 heavy (non-hydrogen) atoms. The van der Waals surface area contributed by atoms with Crippen LogP contribution in [0.3, 0.4) is 0 Å². The fourth-order valence-corrected chi connectivity index (χ4v) is 6.84. The highest BCUT2D eigenvalue weighted by Crippen LogP contribution is 2.37. The molecule has 8 aromatic carbocycles. The van der Waals surface area contributed by atoms with E-state index in [9.17, 15) is 9.59 Å². The molecule has 2 N–H and O–H groups in total. The molecule has 6 heteroatoms. The second kappa shape index (κ2) is 11.9. The average Bonchev–Trinajstić information content (AvgIpc) is 3.09. The Hall–Kier alpha value is -5.30. The molecule has 2 amide bonds. The van der Waals surface area contributed by atoms with Crippen LogP contribution in [0.25, 0.3) is 64.6 Å². The topological polar surface area (TPSA) is 76.7 Å². The molecule has 0 bridgehead atoms. The Morgan fingerprint density at radius 3 is 1.20 bits per heavy atom. The Balaban J connectivity index is 0.794. The lowest BCUT2D eigenvalue weighted by molar-refractivity contribution is -0.129. The van der Waals surface area contributed by atoms with E-state index >= 15 is 0 Å². The summed E-state index contributed by atoms with van der Waals surface area (Å²) in [6, 6.07) is 38.3. The molecule has 226 valence electrons. The molecule has 8 rings (SSSR count). The molecule has 0 fully saturated rings. The molecule has 0 spiro atoms. The van der Waals surface area contributed by atoms with Crippen LogP contribution in [0.2, 0.25) is 0 Å². The first-order valence-electron chi connectivity index (χ1n) is 15.6. The van der Waals surface area contributed by atoms with Crippen LogP contribution < -0.4 is 10.6 Å². The van der Waals surface area contributed by atoms with Crippen LogP contribution in [0.1, 0.15) is 11.1 Å². The van der Waals surface area contributed by atoms with Crippen LogP contribution in [-0.2, 0) is 32.2 Å². The van der Waals surface area contributed by atoms with Crippen molar-refractivity contribution in [1.29, 1.82) is 0 Å². The van der Waals surface area contributed by atoms with E-state index in [2.05, 4.69) is 120 Å². The van der Waals surface area contributed by atoms with E-state index in [-0.39, 0.29) is 38.2 Å². The van der Waals surface area contributed by atoms with Crippen molar-refractivity contribution in [2.75, 3.05) is 26.4 Å². The van der Waals surface area contributed by atoms with Crippen LogP contribution in [-0.4, -0.2) is 38.2 Å². The summed E-state index contributed by atoms with van der Waals surface area (Å²) in [5.74, 6) is -0.395. The number of carbonyl (C=O) groups excluding carboxylic acids is 2. The maximum absolute atomic E-state index is 12.5. The molecule has 0 heterocycles. The summed E-state index contributed by atoms with van der Waals surface area (Å²) in [5, 5.41) is 20.5. The molecule has 8 aromatic rings. The number of nitrogens with one attached hydrogen (secondary N) is 2. The summed E-state index contributed by atoms with van der Waals surface area (Å²) in [4.78, 5) is 25.0. The van der Waals surface area contributed by atoms with Crippen molar-refractivity contribution in [3.8, 4) is 0 Å². The SMILES string of the molecule is O=C(COCCOCC(=O)NCc1ccc2ccc3cccc4ccc1c2c34)NCc1ccc2ccc3cccc4ccc1c2c34. The molecule has 0 aliphatic rings. The highest BCUT2D eigenvalue weighted by Gasteiger charge is 2.13. The van der Waals surface area contributed by atoms with Gasteiger partial charge in [-0.15, -0.1) is 0 Å². The first-order valence-corrected chi connectivity index (χ1v) is 15.6. The molecule has 0 unspecified atom stereocenters. The Bertz CT molecular complexity index is 2180. The Morgan fingerprint density at radius 2 is 0.783 bits per heavy atom. The molecular weight excluding hydrogens is 572 g/mol. The van der Waals surface area contributed by atoms with Gasteiger partial charge in [0.1, 0.15) is 13.2 Å². The van der Waals surface area contributed by atoms with E-state index in [1.165, 1.54) is 53.9 Å². The van der Waals surface area contributed by atoms with Gasteiger partial charge in [0.2, 0.25) is 11.8 Å². The largest absolute Gasteiger partial charge is 0.369 e. The summed E-state index contributed by atoms with van der Waals surface area (Å²) in [6.07, 6.45) is 0. The zero-order valence-corrected chi connectivity index (χ0v) is 25.3. The monoisotopic (exact) mass is 604 g/mol. The van der Waals surface area contributed by atoms with E-state index in [4.69, 9.17) is 9.47 Å². The quantitative estimate of drug-likeness (QED) is 0.119. The molecule has 0 aliphatic heterocycles. The Labute approximate surface area is 265 Å². The number of carbonyl (C=O) groups is 2. The van der Waals surface area contributed by atoms with Crippen molar-refractivity contribution >= 4 is 76.4 Å². The lowest BCUT2D eigenvalue weighted by Crippen LogP contribution is -2.29. The summed E-state index contributed by atoms with van der Waals surface area (Å²) in [7, 11) is 0. The minimum Gasteiger partial charge on any atom is -0.369 e. The summed E-state index contributed by atoms with van der Waals surface area (Å²) in [6.45, 7) is 1.12. The number of hydrogen-bond acceptors (Lipinski definition) is 4. The molecular formula is C40H32N2O4. The van der Waals surface area contributed by atoms with Crippen LogP contribution in [0, 0.1) is 0 Å². The van der Waals surface area contributed by atoms with Gasteiger partial charge in [-0.05, 0) is 75.8 Å². The number of rotatable bonds is 11. The first-order chi connectivity index (χ1) is 22.6. The van der Waals surface area contributed by atoms with Crippen molar-refractivity contribution in [1.82, 2.24) is 10.6 Å². The fourth-order valence-electron chi connectivity index (χ4n) is 6.84. The highest BCUT2D eigenvalue weighted by atomic mass is 16.5. The second-order valence-electron chi connectivity index (χ2n) is 11.8. The van der Waals surface area contributed by atoms with Crippen molar-refractivity contribution in [3.63, 3.8) is 0 Å². The standard InChI is InChI=1S/C40H32N2O4/c43-35(41-21-31-13-11-29-9-7-25-3-1-5-27-15-17-33(31)39(29)37(25)27)23-45-19-20-46-24-36(44)42-22-32-14-12-30-10-8-26-4-2-6-28-16-18-34(32)40(30)38(26)28/h1-18H,19-24H2,(H,41,43)(H,42,44). The molecule has 0 radical (unpaired) electrons. The third-order valence-electron chi connectivity index (χ3n) is 9.03. The number of hydrogen-bond donors (Lipinski definition) is 2. The maximum atomic E-state index is 12.5. The zero-order valence-electron chi connectivity index (χ0n) is 25.3. The maximum Gasteiger partial charge on any atom is 0.246 e. The van der Waals surface area contributed by atoms with Gasteiger partial charge in [-0.2, -0.15) is 0 Å². The number of benzene rings is 8. The molecule has 6 nitrogen and oxygen atoms in total. The van der Waals surface area contributed by atoms with Crippen molar-refractivity contribution < 1.29 is 19.1 Å². The minimum absolute atomic E-state index is 0.0734. The predicted molar refractivity (Wildman–Crippen MR) is 186 cm³/mol. The van der Waals surface area contributed by atoms with Gasteiger partial charge < -0.3 is 20.1 Å². The third kappa shape index (κ3) is 5.11. The normalized spacial score (nSPS) is 11.9. The lowest BCUT2D eigenvalue weighted by atomic mass is 9.92. The van der Waals surface area contributed by atoms with Crippen molar-refractivity contribution in [2.24, 2.45) is 0 Å². The third-order valence-corrected chi connectivity index (χ3v) is 9.03. The molecule has 0 saturated heterocycles. The molecule has 0 atom stereocenters. The van der Waals surface area contributed by atoms with E-state index in [1.807, 2.05) is 0 Å². The summed E-state index contributed by atoms with van der Waals surface area (Å²) in [5.41, 5.74) is 2.13. The predicted octanol–water partition coefficient (Wildman–Crippen LogP) is 7.45. The van der Waals surface area contributed by atoms with E-state index in [0.29, 0.717) is 13.1 Å². The van der Waals surface area contributed by atoms with E-state index in [0.717, 1.165) is 21.9 Å². The summed E-state index contributed by atoms with van der Waals surface area (Å²) >= 11 is 0.